The second-order valence-electron chi connectivity index (χ2n) is 4.27. The number of carbonyl (C=O) groups excluding carboxylic acids is 1. The molecule has 1 aromatic rings. The van der Waals surface area contributed by atoms with Gasteiger partial charge in [0.2, 0.25) is 0 Å². The smallest absolute Gasteiger partial charge is 0.308 e. The van der Waals surface area contributed by atoms with Gasteiger partial charge in [-0.2, -0.15) is 0 Å². The molecule has 4 nitrogen and oxygen atoms in total. The Labute approximate surface area is 119 Å². The quantitative estimate of drug-likeness (QED) is 0.792. The van der Waals surface area contributed by atoms with Crippen LogP contribution < -0.4 is 0 Å². The largest absolute Gasteiger partial charge is 0.469 e. The van der Waals surface area contributed by atoms with Crippen molar-refractivity contribution in [2.45, 2.75) is 19.1 Å². The van der Waals surface area contributed by atoms with Crippen molar-refractivity contribution in [2.75, 3.05) is 26.8 Å². The van der Waals surface area contributed by atoms with Crippen LogP contribution in [-0.2, 0) is 20.8 Å². The Morgan fingerprint density at radius 2 is 2.56 bits per heavy atom. The number of hydrogen-bond donors (Lipinski definition) is 0. The van der Waals surface area contributed by atoms with Crippen molar-refractivity contribution < 1.29 is 14.3 Å². The molecule has 1 atom stereocenters. The molecule has 1 aliphatic rings. The van der Waals surface area contributed by atoms with Crippen molar-refractivity contribution >= 4 is 33.2 Å². The molecule has 18 heavy (non-hydrogen) atoms. The average Bonchev–Trinajstić information content (AvgIpc) is 2.75. The van der Waals surface area contributed by atoms with Gasteiger partial charge >= 0.3 is 5.97 Å². The molecule has 0 spiro atoms. The van der Waals surface area contributed by atoms with Gasteiger partial charge in [-0.15, -0.1) is 11.3 Å². The lowest BCUT2D eigenvalue weighted by atomic mass is 10.2. The van der Waals surface area contributed by atoms with E-state index in [1.165, 1.54) is 12.7 Å². The molecule has 1 unspecified atom stereocenters. The van der Waals surface area contributed by atoms with Crippen LogP contribution in [0.4, 0.5) is 0 Å². The highest BCUT2D eigenvalue weighted by molar-refractivity contribution is 9.11. The third-order valence-electron chi connectivity index (χ3n) is 2.87. The summed E-state index contributed by atoms with van der Waals surface area (Å²) in [7, 11) is 1.41. The predicted octanol–water partition coefficient (Wildman–Crippen LogP) is 2.27. The summed E-state index contributed by atoms with van der Waals surface area (Å²) < 4.78 is 11.4. The molecule has 0 aromatic carbocycles. The van der Waals surface area contributed by atoms with E-state index in [-0.39, 0.29) is 12.1 Å². The first-order valence-electron chi connectivity index (χ1n) is 5.81. The number of halogens is 1. The molecule has 1 aromatic heterocycles. The van der Waals surface area contributed by atoms with Crippen molar-refractivity contribution in [1.29, 1.82) is 0 Å². The number of methoxy groups -OCH3 is 1. The van der Waals surface area contributed by atoms with Gasteiger partial charge in [0.15, 0.2) is 0 Å². The third kappa shape index (κ3) is 4.05. The summed E-state index contributed by atoms with van der Waals surface area (Å²) in [4.78, 5) is 13.5. The summed E-state index contributed by atoms with van der Waals surface area (Å²) in [6, 6.07) is 2.13. The molecule has 2 heterocycles. The average molecular weight is 334 g/mol. The Morgan fingerprint density at radius 3 is 3.22 bits per heavy atom. The van der Waals surface area contributed by atoms with Crippen molar-refractivity contribution in [3.63, 3.8) is 0 Å². The van der Waals surface area contributed by atoms with Crippen LogP contribution >= 0.6 is 27.3 Å². The second kappa shape index (κ2) is 6.65. The summed E-state index contributed by atoms with van der Waals surface area (Å²) in [5, 5.41) is 2.15. The molecular weight excluding hydrogens is 318 g/mol. The normalized spacial score (nSPS) is 20.9. The lowest BCUT2D eigenvalue weighted by Gasteiger charge is -2.32. The molecule has 1 saturated heterocycles. The number of morpholine rings is 1. The second-order valence-corrected chi connectivity index (χ2v) is 6.56. The number of nitrogens with zero attached hydrogens (tertiary/aromatic N) is 1. The van der Waals surface area contributed by atoms with E-state index < -0.39 is 0 Å². The number of rotatable bonds is 4. The lowest BCUT2D eigenvalue weighted by molar-refractivity contribution is -0.145. The van der Waals surface area contributed by atoms with Gasteiger partial charge in [-0.1, -0.05) is 0 Å². The number of hydrogen-bond acceptors (Lipinski definition) is 5. The first kappa shape index (κ1) is 14.0. The van der Waals surface area contributed by atoms with Gasteiger partial charge in [0.05, 0.1) is 30.0 Å². The van der Waals surface area contributed by atoms with Crippen molar-refractivity contribution in [3.05, 3.63) is 20.8 Å². The lowest BCUT2D eigenvalue weighted by Crippen LogP contribution is -2.42. The fourth-order valence-electron chi connectivity index (χ4n) is 2.00. The van der Waals surface area contributed by atoms with E-state index in [0.717, 1.165) is 23.4 Å². The van der Waals surface area contributed by atoms with Crippen LogP contribution in [-0.4, -0.2) is 43.8 Å². The Hall–Kier alpha value is -0.430. The van der Waals surface area contributed by atoms with Gasteiger partial charge in [-0.3, -0.25) is 9.69 Å². The molecule has 100 valence electrons. The monoisotopic (exact) mass is 333 g/mol. The van der Waals surface area contributed by atoms with Crippen LogP contribution in [0.2, 0.25) is 0 Å². The molecule has 6 heteroatoms. The molecule has 0 saturated carbocycles. The molecule has 0 bridgehead atoms. The number of carbonyl (C=O) groups is 1. The minimum Gasteiger partial charge on any atom is -0.469 e. The molecule has 1 fully saturated rings. The summed E-state index contributed by atoms with van der Waals surface area (Å²) in [6.45, 7) is 3.27. The Bertz CT molecular complexity index is 410. The maximum Gasteiger partial charge on any atom is 0.308 e. The maximum atomic E-state index is 11.2. The highest BCUT2D eigenvalue weighted by Gasteiger charge is 2.23. The highest BCUT2D eigenvalue weighted by atomic mass is 79.9. The van der Waals surface area contributed by atoms with Crippen LogP contribution in [0.3, 0.4) is 0 Å². The Kier molecular flexibility index (Phi) is 5.17. The van der Waals surface area contributed by atoms with Gasteiger partial charge < -0.3 is 9.47 Å². The van der Waals surface area contributed by atoms with Crippen LogP contribution in [0.5, 0.6) is 0 Å². The molecule has 0 N–H and O–H groups in total. The van der Waals surface area contributed by atoms with Crippen molar-refractivity contribution in [1.82, 2.24) is 4.90 Å². The summed E-state index contributed by atoms with van der Waals surface area (Å²) in [5.74, 6) is -0.208. The Morgan fingerprint density at radius 1 is 1.72 bits per heavy atom. The van der Waals surface area contributed by atoms with Crippen LogP contribution in [0.25, 0.3) is 0 Å². The van der Waals surface area contributed by atoms with E-state index in [1.54, 1.807) is 11.3 Å². The zero-order valence-electron chi connectivity index (χ0n) is 10.2. The predicted molar refractivity (Wildman–Crippen MR) is 73.7 cm³/mol. The summed E-state index contributed by atoms with van der Waals surface area (Å²) >= 11 is 5.16. The van der Waals surface area contributed by atoms with Crippen LogP contribution in [0.15, 0.2) is 15.2 Å². The third-order valence-corrected chi connectivity index (χ3v) is 4.43. The number of thiophene rings is 1. The van der Waals surface area contributed by atoms with Gasteiger partial charge in [0, 0.05) is 19.6 Å². The topological polar surface area (TPSA) is 38.8 Å². The first-order chi connectivity index (χ1) is 8.67. The molecule has 0 radical (unpaired) electrons. The Balaban J connectivity index is 1.84. The highest BCUT2D eigenvalue weighted by Crippen LogP contribution is 2.22. The zero-order valence-corrected chi connectivity index (χ0v) is 12.6. The van der Waals surface area contributed by atoms with E-state index in [9.17, 15) is 4.79 Å². The fraction of sp³-hybridized carbons (Fsp3) is 0.583. The van der Waals surface area contributed by atoms with E-state index in [2.05, 4.69) is 37.0 Å². The maximum absolute atomic E-state index is 11.2. The zero-order chi connectivity index (χ0) is 13.0. The number of esters is 1. The molecule has 1 aliphatic heterocycles. The van der Waals surface area contributed by atoms with E-state index in [1.807, 2.05) is 0 Å². The summed E-state index contributed by atoms with van der Waals surface area (Å²) in [5.41, 5.74) is 1.30. The van der Waals surface area contributed by atoms with Gasteiger partial charge in [0.1, 0.15) is 0 Å². The van der Waals surface area contributed by atoms with Crippen molar-refractivity contribution in [2.24, 2.45) is 0 Å². The van der Waals surface area contributed by atoms with Crippen LogP contribution in [0.1, 0.15) is 12.0 Å². The minimum atomic E-state index is -0.208. The summed E-state index contributed by atoms with van der Waals surface area (Å²) in [6.07, 6.45) is 0.286. The SMILES string of the molecule is COC(=O)CC1CN(Cc2csc(Br)c2)CCO1. The first-order valence-corrected chi connectivity index (χ1v) is 7.48. The minimum absolute atomic E-state index is 0.0479. The molecule has 2 rings (SSSR count). The van der Waals surface area contributed by atoms with E-state index in [0.29, 0.717) is 13.0 Å². The van der Waals surface area contributed by atoms with Gasteiger partial charge in [-0.05, 0) is 32.9 Å². The van der Waals surface area contributed by atoms with Crippen LogP contribution in [0, 0.1) is 0 Å². The molecular formula is C12H16BrNO3S. The van der Waals surface area contributed by atoms with Crippen molar-refractivity contribution in [3.8, 4) is 0 Å². The van der Waals surface area contributed by atoms with E-state index >= 15 is 0 Å². The van der Waals surface area contributed by atoms with Gasteiger partial charge in [0.25, 0.3) is 0 Å². The number of ether oxygens (including phenoxy) is 2. The van der Waals surface area contributed by atoms with Gasteiger partial charge in [-0.25, -0.2) is 0 Å². The molecule has 0 amide bonds. The van der Waals surface area contributed by atoms with E-state index in [4.69, 9.17) is 4.74 Å². The fourth-order valence-corrected chi connectivity index (χ4v) is 3.20. The standard InChI is InChI=1S/C12H16BrNO3S/c1-16-12(15)5-10-7-14(2-3-17-10)6-9-4-11(13)18-8-9/h4,8,10H,2-3,5-7H2,1H3. The molecule has 0 aliphatic carbocycles.